The summed E-state index contributed by atoms with van der Waals surface area (Å²) in [5.74, 6) is 0.403. The van der Waals surface area contributed by atoms with Crippen LogP contribution >= 0.6 is 0 Å². The van der Waals surface area contributed by atoms with Crippen LogP contribution in [0.3, 0.4) is 0 Å². The average molecular weight is 1480 g/mol. The summed E-state index contributed by atoms with van der Waals surface area (Å²) in [4.78, 5) is 16.9. The third kappa shape index (κ3) is 50.0. The number of ether oxygens (including phenoxy) is 5. The van der Waals surface area contributed by atoms with Crippen molar-refractivity contribution in [3.63, 3.8) is 0 Å². The molecule has 2 aliphatic heterocycles. The number of rotatable bonds is 66. The Bertz CT molecular complexity index is 2340. The highest BCUT2D eigenvalue weighted by molar-refractivity contribution is 5.67. The van der Waals surface area contributed by atoms with E-state index in [2.05, 4.69) is 144 Å². The molecule has 0 radical (unpaired) electrons. The average Bonchev–Trinajstić information content (AvgIpc) is 1.65. The number of hydrogen-bond donors (Lipinski definition) is 0. The second-order valence-corrected chi connectivity index (χ2v) is 33.3. The van der Waals surface area contributed by atoms with Crippen molar-refractivity contribution in [3.05, 3.63) is 133 Å². The van der Waals surface area contributed by atoms with Gasteiger partial charge in [0, 0.05) is 45.8 Å². The summed E-state index contributed by atoms with van der Waals surface area (Å²) in [6, 6.07) is 9.91. The van der Waals surface area contributed by atoms with Gasteiger partial charge in [0.2, 0.25) is 0 Å². The minimum Gasteiger partial charge on any atom is -0.445 e. The van der Waals surface area contributed by atoms with E-state index in [1.54, 1.807) is 4.90 Å². The zero-order valence-electron chi connectivity index (χ0n) is 71.1. The molecule has 4 fully saturated rings. The molecular weight excluding hydrogens is 1310 g/mol. The van der Waals surface area contributed by atoms with Crippen molar-refractivity contribution in [1.29, 1.82) is 0 Å². The lowest BCUT2D eigenvalue weighted by Gasteiger charge is -2.31. The van der Waals surface area contributed by atoms with Crippen molar-refractivity contribution < 1.29 is 28.5 Å². The van der Waals surface area contributed by atoms with Gasteiger partial charge < -0.3 is 33.5 Å². The van der Waals surface area contributed by atoms with Gasteiger partial charge in [-0.05, 0) is 224 Å². The number of unbranched alkanes of at least 4 members (excludes halogenated alkanes) is 36. The monoisotopic (exact) mass is 1480 g/mol. The van der Waals surface area contributed by atoms with Gasteiger partial charge in [-0.25, -0.2) is 4.79 Å². The second-order valence-electron chi connectivity index (χ2n) is 33.3. The summed E-state index contributed by atoms with van der Waals surface area (Å²) in [6.45, 7) is 11.3. The third-order valence-electron chi connectivity index (χ3n) is 22.8. The van der Waals surface area contributed by atoms with Crippen LogP contribution in [0.25, 0.3) is 0 Å². The molecule has 8 nitrogen and oxygen atoms in total. The van der Waals surface area contributed by atoms with E-state index in [-0.39, 0.29) is 24.1 Å². The molecule has 2 saturated carbocycles. The lowest BCUT2D eigenvalue weighted by atomic mass is 9.85. The smallest absolute Gasteiger partial charge is 0.409 e. The Morgan fingerprint density at radius 1 is 0.346 bits per heavy atom. The second kappa shape index (κ2) is 66.8. The van der Waals surface area contributed by atoms with E-state index in [1.165, 1.54) is 308 Å². The molecule has 2 saturated heterocycles. The molecule has 612 valence electrons. The maximum atomic E-state index is 12.8. The van der Waals surface area contributed by atoms with Gasteiger partial charge in [0.15, 0.2) is 11.6 Å². The highest BCUT2D eigenvalue weighted by Gasteiger charge is 2.50. The lowest BCUT2D eigenvalue weighted by molar-refractivity contribution is -0.186. The van der Waals surface area contributed by atoms with Gasteiger partial charge in [0.25, 0.3) is 0 Å². The highest BCUT2D eigenvalue weighted by Crippen LogP contribution is 2.46. The molecule has 0 unspecified atom stereocenters. The molecular formula is C99H170N2O6. The first-order chi connectivity index (χ1) is 52.6. The van der Waals surface area contributed by atoms with E-state index in [9.17, 15) is 4.79 Å². The fraction of sp³-hybridized carbons (Fsp3) is 0.768. The van der Waals surface area contributed by atoms with Crippen LogP contribution in [0.2, 0.25) is 0 Å². The Labute approximate surface area is 662 Å². The van der Waals surface area contributed by atoms with E-state index < -0.39 is 5.79 Å². The van der Waals surface area contributed by atoms with Crippen LogP contribution in [0.1, 0.15) is 406 Å². The molecule has 1 aromatic rings. The molecule has 2 heterocycles. The van der Waals surface area contributed by atoms with Crippen LogP contribution in [-0.2, 0) is 30.3 Å². The topological polar surface area (TPSA) is 69.7 Å². The maximum absolute atomic E-state index is 12.8. The molecule has 2 aliphatic carbocycles. The number of carbonyl (C=O) groups is 1. The number of nitrogens with zero attached hydrogens (tertiary/aromatic N) is 2. The Morgan fingerprint density at radius 2 is 0.617 bits per heavy atom. The molecule has 4 aliphatic rings. The summed E-state index contributed by atoms with van der Waals surface area (Å²) in [5, 5.41) is 0. The first kappa shape index (κ1) is 95.6. The summed E-state index contributed by atoms with van der Waals surface area (Å²) >= 11 is 0. The van der Waals surface area contributed by atoms with Gasteiger partial charge in [-0.15, -0.1) is 0 Å². The van der Waals surface area contributed by atoms with Crippen LogP contribution in [0.15, 0.2) is 128 Å². The lowest BCUT2D eigenvalue weighted by Crippen LogP contribution is -2.38. The molecule has 0 bridgehead atoms. The fourth-order valence-corrected chi connectivity index (χ4v) is 16.4. The SMILES string of the molecule is CCCCC/C=C\C/C=C\CCCCCCCCC1(CCCCCCCC/C=C\C/C=C\CCCCC)O[C@H]2CC[C@@H](CN(C)C(=O)OCc3ccccc3)C[C@H]2O1.CCCCC/C=C\C/C=C\CCCCCCCCC1(CCCCCCCC/C=C\C/C=C\CCCCC)O[C@H]2CC[C@@H](CN(C)C)C[C@H]2O1. The van der Waals surface area contributed by atoms with Crippen LogP contribution in [-0.4, -0.2) is 86.1 Å². The van der Waals surface area contributed by atoms with E-state index in [0.29, 0.717) is 31.3 Å². The Balaban J connectivity index is 0.000000459. The number of allylic oxidation sites excluding steroid dienone is 16. The maximum Gasteiger partial charge on any atom is 0.409 e. The standard InChI is InChI=1S/C53H87NO4.C46H83NO2/c1-4-6-8-10-12-14-16-18-20-22-24-26-28-30-32-37-43-53(44-38-33-31-29-27-25-23-21-19-17-15-13-11-9-7-5-2)57-50-42-41-49(45-51(50)58-53)46-54(3)52(55)56-47-48-39-35-34-36-40-48;1-5-7-9-11-13-15-17-19-21-23-25-27-29-31-33-35-39-46(48-44-38-37-43(42-47(3)4)41-45(44)49-46)40-36-34-32-30-28-26-24-22-20-18-16-14-12-10-8-6-2/h12-15,18-21,34-36,39-40,49-51H,4-11,16-17,22-33,37-38,41-47H2,1-3H3;13-16,19-22,43-45H,5-12,17-18,23-42H2,1-4H3/b14-12-,15-13-,20-18-,21-19-;15-13-,16-14-,21-19-,22-20-/t49-,50+,51-;43-,44+,45-/m11/s1. The zero-order chi connectivity index (χ0) is 76.3. The molecule has 0 aromatic heterocycles. The van der Waals surface area contributed by atoms with Crippen molar-refractivity contribution in [2.75, 3.05) is 34.2 Å². The van der Waals surface area contributed by atoms with Crippen LogP contribution in [0.5, 0.6) is 0 Å². The van der Waals surface area contributed by atoms with Gasteiger partial charge in [-0.2, -0.15) is 0 Å². The van der Waals surface area contributed by atoms with Gasteiger partial charge in [0.1, 0.15) is 6.61 Å². The summed E-state index contributed by atoms with van der Waals surface area (Å²) in [6.07, 6.45) is 111. The number of hydrogen-bond acceptors (Lipinski definition) is 7. The van der Waals surface area contributed by atoms with Gasteiger partial charge in [-0.3, -0.25) is 0 Å². The van der Waals surface area contributed by atoms with Crippen molar-refractivity contribution >= 4 is 6.09 Å². The highest BCUT2D eigenvalue weighted by atomic mass is 16.8. The number of carbonyl (C=O) groups excluding carboxylic acids is 1. The molecule has 107 heavy (non-hydrogen) atoms. The molecule has 0 spiro atoms. The quantitative estimate of drug-likeness (QED) is 0.0475. The predicted octanol–water partition coefficient (Wildman–Crippen LogP) is 30.2. The summed E-state index contributed by atoms with van der Waals surface area (Å²) < 4.78 is 33.4. The molecule has 8 heteroatoms. The molecule has 1 aromatic carbocycles. The fourth-order valence-electron chi connectivity index (χ4n) is 16.4. The van der Waals surface area contributed by atoms with Crippen molar-refractivity contribution in [3.8, 4) is 0 Å². The Morgan fingerprint density at radius 3 is 0.916 bits per heavy atom. The van der Waals surface area contributed by atoms with E-state index in [1.807, 2.05) is 37.4 Å². The predicted molar refractivity (Wildman–Crippen MR) is 463 cm³/mol. The van der Waals surface area contributed by atoms with Crippen LogP contribution < -0.4 is 0 Å². The number of amides is 1. The third-order valence-corrected chi connectivity index (χ3v) is 22.8. The van der Waals surface area contributed by atoms with Crippen molar-refractivity contribution in [2.24, 2.45) is 11.8 Å². The minimum atomic E-state index is -0.435. The molecule has 5 rings (SSSR count). The van der Waals surface area contributed by atoms with Crippen LogP contribution in [0, 0.1) is 11.8 Å². The van der Waals surface area contributed by atoms with Gasteiger partial charge in [0.05, 0.1) is 24.4 Å². The first-order valence-corrected chi connectivity index (χ1v) is 46.1. The van der Waals surface area contributed by atoms with E-state index >= 15 is 0 Å². The largest absolute Gasteiger partial charge is 0.445 e. The van der Waals surface area contributed by atoms with E-state index in [4.69, 9.17) is 23.7 Å². The molecule has 6 atom stereocenters. The normalized spacial score (nSPS) is 20.1. The van der Waals surface area contributed by atoms with Gasteiger partial charge >= 0.3 is 6.09 Å². The Kier molecular flexibility index (Phi) is 59.7. The molecule has 0 N–H and O–H groups in total. The molecule has 1 amide bonds. The van der Waals surface area contributed by atoms with E-state index in [0.717, 1.165) is 82.1 Å². The van der Waals surface area contributed by atoms with Gasteiger partial charge in [-0.1, -0.05) is 309 Å². The first-order valence-electron chi connectivity index (χ1n) is 46.1. The summed E-state index contributed by atoms with van der Waals surface area (Å²) in [5.41, 5.74) is 1.01. The zero-order valence-corrected chi connectivity index (χ0v) is 71.1. The number of fused-ring (bicyclic) bond motifs is 2. The van der Waals surface area contributed by atoms with Crippen molar-refractivity contribution in [2.45, 2.75) is 443 Å². The summed E-state index contributed by atoms with van der Waals surface area (Å²) in [7, 11) is 6.28. The van der Waals surface area contributed by atoms with Crippen LogP contribution in [0.4, 0.5) is 4.79 Å². The number of benzene rings is 1. The minimum absolute atomic E-state index is 0.127. The Hall–Kier alpha value is -3.79. The van der Waals surface area contributed by atoms with Crippen molar-refractivity contribution in [1.82, 2.24) is 9.80 Å².